The van der Waals surface area contributed by atoms with E-state index in [1.807, 2.05) is 91.0 Å². The molecule has 0 bridgehead atoms. The van der Waals surface area contributed by atoms with Gasteiger partial charge in [0.15, 0.2) is 18.9 Å². The zero-order valence-electron chi connectivity index (χ0n) is 32.8. The highest BCUT2D eigenvalue weighted by atomic mass is 16.8. The molecule has 3 saturated heterocycles. The number of aliphatic hydroxyl groups excluding tert-OH is 5. The van der Waals surface area contributed by atoms with Crippen LogP contribution in [0, 0.1) is 0 Å². The topological polar surface area (TPSA) is 203 Å². The molecule has 15 atom stereocenters. The minimum absolute atomic E-state index is 0.0551. The molecule has 3 aliphatic rings. The molecular weight excluding hydrogens is 760 g/mol. The van der Waals surface area contributed by atoms with Crippen molar-refractivity contribution in [1.29, 1.82) is 0 Å². The smallest absolute Gasteiger partial charge is 0.187 e. The summed E-state index contributed by atoms with van der Waals surface area (Å²) in [5.41, 5.74) is 2.72. The summed E-state index contributed by atoms with van der Waals surface area (Å²) in [6, 6.07) is 28.4. The third-order valence-corrected chi connectivity index (χ3v) is 10.5. The standard InChI is InChI=1S/C42H56O16/c1-48-37-31(43)28(22-51-19-25-13-7-4-8-14-25)55-41(33(37)45)58-36-30(24-53-21-27-17-11-6-12-18-27)56-42(34(46)39(36)50-3)57-35-29(54-40(47)32(44)38(35)49-2)23-52-20-26-15-9-5-10-16-26/h4-18,28-47H,19-24H2,1-3H3/t28-,29-,30-,31-,32+,33+,34+,35-,36-,37+,38-,39-,40+,41-,42-/m1/s1. The van der Waals surface area contributed by atoms with E-state index in [1.165, 1.54) is 21.3 Å². The van der Waals surface area contributed by atoms with E-state index >= 15 is 0 Å². The van der Waals surface area contributed by atoms with E-state index in [0.717, 1.165) is 16.7 Å². The summed E-state index contributed by atoms with van der Waals surface area (Å²) in [5.74, 6) is 0. The largest absolute Gasteiger partial charge is 0.387 e. The third kappa shape index (κ3) is 11.2. The van der Waals surface area contributed by atoms with Gasteiger partial charge in [0.05, 0.1) is 39.6 Å². The normalized spacial score (nSPS) is 35.5. The maximum absolute atomic E-state index is 11.8. The molecule has 58 heavy (non-hydrogen) atoms. The maximum atomic E-state index is 11.8. The average Bonchev–Trinajstić information content (AvgIpc) is 3.24. The van der Waals surface area contributed by atoms with Crippen LogP contribution in [-0.4, -0.2) is 159 Å². The fourth-order valence-corrected chi connectivity index (χ4v) is 7.40. The Hall–Kier alpha value is -2.98. The monoisotopic (exact) mass is 816 g/mol. The van der Waals surface area contributed by atoms with Crippen LogP contribution in [0.2, 0.25) is 0 Å². The highest BCUT2D eigenvalue weighted by molar-refractivity contribution is 5.15. The highest BCUT2D eigenvalue weighted by Gasteiger charge is 2.54. The number of ether oxygens (including phenoxy) is 11. The Balaban J connectivity index is 1.20. The lowest BCUT2D eigenvalue weighted by Gasteiger charge is -2.49. The van der Waals surface area contributed by atoms with Crippen molar-refractivity contribution < 1.29 is 77.6 Å². The van der Waals surface area contributed by atoms with E-state index in [-0.39, 0.29) is 39.6 Å². The van der Waals surface area contributed by atoms with Crippen molar-refractivity contribution in [2.75, 3.05) is 41.2 Å². The Bertz CT molecular complexity index is 1590. The maximum Gasteiger partial charge on any atom is 0.187 e. The molecule has 16 nitrogen and oxygen atoms in total. The first-order valence-electron chi connectivity index (χ1n) is 19.3. The van der Waals surface area contributed by atoms with E-state index in [9.17, 15) is 25.5 Å². The van der Waals surface area contributed by atoms with Crippen LogP contribution in [0.3, 0.4) is 0 Å². The number of hydrogen-bond acceptors (Lipinski definition) is 16. The number of hydrogen-bond donors (Lipinski definition) is 5. The summed E-state index contributed by atoms with van der Waals surface area (Å²) in [4.78, 5) is 0. The van der Waals surface area contributed by atoms with Crippen LogP contribution in [0.4, 0.5) is 0 Å². The van der Waals surface area contributed by atoms with Crippen LogP contribution >= 0.6 is 0 Å². The Morgan fingerprint density at radius 2 is 0.776 bits per heavy atom. The summed E-state index contributed by atoms with van der Waals surface area (Å²) in [5, 5.41) is 55.8. The molecule has 3 aromatic rings. The first-order valence-corrected chi connectivity index (χ1v) is 19.3. The molecule has 0 amide bonds. The van der Waals surface area contributed by atoms with Gasteiger partial charge in [-0.3, -0.25) is 0 Å². The molecule has 16 heteroatoms. The number of aliphatic hydroxyl groups is 5. The summed E-state index contributed by atoms with van der Waals surface area (Å²) in [6.07, 6.45) is -18.9. The fraction of sp³-hybridized carbons (Fsp3) is 0.571. The molecule has 320 valence electrons. The van der Waals surface area contributed by atoms with Gasteiger partial charge in [-0.2, -0.15) is 0 Å². The summed E-state index contributed by atoms with van der Waals surface area (Å²) in [6.45, 7) is 0.451. The molecule has 0 spiro atoms. The minimum atomic E-state index is -1.61. The van der Waals surface area contributed by atoms with Crippen LogP contribution in [0.5, 0.6) is 0 Å². The zero-order valence-corrected chi connectivity index (χ0v) is 32.8. The molecule has 0 aliphatic carbocycles. The van der Waals surface area contributed by atoms with Gasteiger partial charge in [0.25, 0.3) is 0 Å². The predicted octanol–water partition coefficient (Wildman–Crippen LogP) is 1.06. The molecule has 0 radical (unpaired) electrons. The van der Waals surface area contributed by atoms with Gasteiger partial charge < -0.3 is 77.6 Å². The van der Waals surface area contributed by atoms with Crippen molar-refractivity contribution in [3.05, 3.63) is 108 Å². The van der Waals surface area contributed by atoms with Gasteiger partial charge in [-0.05, 0) is 16.7 Å². The highest BCUT2D eigenvalue weighted by Crippen LogP contribution is 2.35. The number of rotatable bonds is 19. The van der Waals surface area contributed by atoms with Crippen molar-refractivity contribution >= 4 is 0 Å². The Morgan fingerprint density at radius 3 is 1.21 bits per heavy atom. The first kappa shape index (κ1) is 44.6. The van der Waals surface area contributed by atoms with Crippen molar-refractivity contribution in [3.8, 4) is 0 Å². The van der Waals surface area contributed by atoms with Crippen molar-refractivity contribution in [2.24, 2.45) is 0 Å². The third-order valence-electron chi connectivity index (χ3n) is 10.5. The van der Waals surface area contributed by atoms with Gasteiger partial charge in [0, 0.05) is 21.3 Å². The lowest BCUT2D eigenvalue weighted by Crippen LogP contribution is -2.67. The molecule has 3 heterocycles. The molecule has 3 fully saturated rings. The summed E-state index contributed by atoms with van der Waals surface area (Å²) >= 11 is 0. The van der Waals surface area contributed by atoms with E-state index in [0.29, 0.717) is 0 Å². The Labute approximate surface area is 338 Å². The second kappa shape index (κ2) is 22.0. The molecule has 0 aromatic heterocycles. The van der Waals surface area contributed by atoms with Gasteiger partial charge in [-0.15, -0.1) is 0 Å². The molecule has 6 rings (SSSR count). The van der Waals surface area contributed by atoms with Crippen LogP contribution in [-0.2, 0) is 71.9 Å². The molecule has 0 saturated carbocycles. The van der Waals surface area contributed by atoms with E-state index in [2.05, 4.69) is 0 Å². The SMILES string of the molecule is CO[C@@H]1[C@H](O)[C@@H](O[C@H]2[C@H](OC)[C@H](O)[C@@H](O[C@H]3[C@H](OC)[C@H](O)[C@@H](O)O[C@@H]3COCc3ccccc3)O[C@@H]2COCc2ccccc2)O[C@H](COCc2ccccc2)[C@H]1O. The number of methoxy groups -OCH3 is 3. The first-order chi connectivity index (χ1) is 28.2. The predicted molar refractivity (Wildman–Crippen MR) is 203 cm³/mol. The van der Waals surface area contributed by atoms with E-state index < -0.39 is 92.1 Å². The summed E-state index contributed by atoms with van der Waals surface area (Å²) < 4.78 is 66.0. The van der Waals surface area contributed by atoms with Gasteiger partial charge in [-0.25, -0.2) is 0 Å². The van der Waals surface area contributed by atoms with Crippen molar-refractivity contribution in [3.63, 3.8) is 0 Å². The summed E-state index contributed by atoms with van der Waals surface area (Å²) in [7, 11) is 4.08. The van der Waals surface area contributed by atoms with Gasteiger partial charge in [0.2, 0.25) is 0 Å². The van der Waals surface area contributed by atoms with Crippen LogP contribution < -0.4 is 0 Å². The lowest BCUT2D eigenvalue weighted by atomic mass is 9.95. The zero-order chi connectivity index (χ0) is 41.0. The molecule has 3 aromatic carbocycles. The molecule has 3 aliphatic heterocycles. The van der Waals surface area contributed by atoms with Crippen molar-refractivity contribution in [2.45, 2.75) is 112 Å². The van der Waals surface area contributed by atoms with Crippen LogP contribution in [0.25, 0.3) is 0 Å². The van der Waals surface area contributed by atoms with Gasteiger partial charge in [0.1, 0.15) is 73.2 Å². The second-order valence-corrected chi connectivity index (χ2v) is 14.4. The average molecular weight is 817 g/mol. The molecule has 0 unspecified atom stereocenters. The van der Waals surface area contributed by atoms with Gasteiger partial charge >= 0.3 is 0 Å². The van der Waals surface area contributed by atoms with E-state index in [4.69, 9.17) is 52.1 Å². The van der Waals surface area contributed by atoms with Gasteiger partial charge in [-0.1, -0.05) is 91.0 Å². The number of benzene rings is 3. The minimum Gasteiger partial charge on any atom is -0.387 e. The molecule has 5 N–H and O–H groups in total. The lowest BCUT2D eigenvalue weighted by molar-refractivity contribution is -0.382. The Morgan fingerprint density at radius 1 is 0.414 bits per heavy atom. The van der Waals surface area contributed by atoms with Crippen molar-refractivity contribution in [1.82, 2.24) is 0 Å². The Kier molecular flexibility index (Phi) is 16.9. The van der Waals surface area contributed by atoms with Crippen LogP contribution in [0.15, 0.2) is 91.0 Å². The molecular formula is C42H56O16. The van der Waals surface area contributed by atoms with E-state index in [1.54, 1.807) is 0 Å². The van der Waals surface area contributed by atoms with Crippen LogP contribution in [0.1, 0.15) is 16.7 Å². The fourth-order valence-electron chi connectivity index (χ4n) is 7.40. The quantitative estimate of drug-likeness (QED) is 0.115. The second-order valence-electron chi connectivity index (χ2n) is 14.4.